The lowest BCUT2D eigenvalue weighted by atomic mass is 10.1. The molecule has 5 heteroatoms. The standard InChI is InChI=1S/C20H19ClFNO2/c21-15-6-4-13(5-7-15)19-12-23(8-9-25-19)20(24)18-11-17(18)14-2-1-3-16(22)10-14/h1-7,10,17-19H,8-9,11-12H2/t17-,18-,19+/m1/s1. The van der Waals surface area contributed by atoms with Gasteiger partial charge in [0.15, 0.2) is 0 Å². The normalized spacial score (nSPS) is 25.7. The maximum Gasteiger partial charge on any atom is 0.226 e. The number of benzene rings is 2. The summed E-state index contributed by atoms with van der Waals surface area (Å²) >= 11 is 5.93. The van der Waals surface area contributed by atoms with Crippen LogP contribution in [0.15, 0.2) is 48.5 Å². The van der Waals surface area contributed by atoms with Crippen molar-refractivity contribution in [2.45, 2.75) is 18.4 Å². The van der Waals surface area contributed by atoms with Crippen LogP contribution in [-0.2, 0) is 9.53 Å². The molecule has 0 radical (unpaired) electrons. The summed E-state index contributed by atoms with van der Waals surface area (Å²) in [5, 5.41) is 0.684. The van der Waals surface area contributed by atoms with Crippen LogP contribution in [0, 0.1) is 11.7 Å². The average molecular weight is 360 g/mol. The Labute approximate surface area is 151 Å². The van der Waals surface area contributed by atoms with Gasteiger partial charge in [-0.05, 0) is 47.7 Å². The Bertz CT molecular complexity index is 780. The quantitative estimate of drug-likeness (QED) is 0.822. The second-order valence-electron chi connectivity index (χ2n) is 6.70. The largest absolute Gasteiger partial charge is 0.370 e. The van der Waals surface area contributed by atoms with E-state index < -0.39 is 0 Å². The molecule has 1 amide bonds. The molecule has 0 aromatic heterocycles. The molecule has 0 unspecified atom stereocenters. The molecule has 1 saturated carbocycles. The molecule has 0 spiro atoms. The average Bonchev–Trinajstić information content (AvgIpc) is 3.43. The van der Waals surface area contributed by atoms with Gasteiger partial charge < -0.3 is 9.64 Å². The Morgan fingerprint density at radius 1 is 1.16 bits per heavy atom. The van der Waals surface area contributed by atoms with Crippen LogP contribution < -0.4 is 0 Å². The molecule has 3 atom stereocenters. The lowest BCUT2D eigenvalue weighted by Gasteiger charge is -2.33. The number of nitrogens with zero attached hydrogens (tertiary/aromatic N) is 1. The van der Waals surface area contributed by atoms with Crippen molar-refractivity contribution in [3.8, 4) is 0 Å². The highest BCUT2D eigenvalue weighted by atomic mass is 35.5. The molecule has 0 N–H and O–H groups in total. The summed E-state index contributed by atoms with van der Waals surface area (Å²) in [4.78, 5) is 14.7. The van der Waals surface area contributed by atoms with Gasteiger partial charge in [0.25, 0.3) is 0 Å². The molecular weight excluding hydrogens is 341 g/mol. The van der Waals surface area contributed by atoms with Crippen LogP contribution in [-0.4, -0.2) is 30.5 Å². The Morgan fingerprint density at radius 2 is 1.96 bits per heavy atom. The van der Waals surface area contributed by atoms with E-state index in [1.165, 1.54) is 12.1 Å². The monoisotopic (exact) mass is 359 g/mol. The molecule has 2 aliphatic rings. The van der Waals surface area contributed by atoms with Crippen molar-refractivity contribution in [2.24, 2.45) is 5.92 Å². The summed E-state index contributed by atoms with van der Waals surface area (Å²) in [6.45, 7) is 1.68. The van der Waals surface area contributed by atoms with Gasteiger partial charge in [0, 0.05) is 17.5 Å². The van der Waals surface area contributed by atoms with E-state index in [2.05, 4.69) is 0 Å². The first-order chi connectivity index (χ1) is 12.1. The summed E-state index contributed by atoms with van der Waals surface area (Å²) in [7, 11) is 0. The van der Waals surface area contributed by atoms with Gasteiger partial charge >= 0.3 is 0 Å². The minimum Gasteiger partial charge on any atom is -0.370 e. The fraction of sp³-hybridized carbons (Fsp3) is 0.350. The van der Waals surface area contributed by atoms with Gasteiger partial charge in [0.2, 0.25) is 5.91 Å². The third kappa shape index (κ3) is 3.55. The summed E-state index contributed by atoms with van der Waals surface area (Å²) < 4.78 is 19.2. The highest BCUT2D eigenvalue weighted by Gasteiger charge is 2.46. The number of ether oxygens (including phenoxy) is 1. The van der Waals surface area contributed by atoms with Gasteiger partial charge in [-0.3, -0.25) is 4.79 Å². The Morgan fingerprint density at radius 3 is 2.72 bits per heavy atom. The summed E-state index contributed by atoms with van der Waals surface area (Å²) in [5.41, 5.74) is 1.94. The van der Waals surface area contributed by atoms with Crippen LogP contribution >= 0.6 is 11.6 Å². The first-order valence-electron chi connectivity index (χ1n) is 8.53. The van der Waals surface area contributed by atoms with Crippen LogP contribution in [0.1, 0.15) is 29.6 Å². The second kappa shape index (κ2) is 6.77. The number of halogens is 2. The first kappa shape index (κ1) is 16.6. The smallest absolute Gasteiger partial charge is 0.226 e. The number of carbonyl (C=O) groups excluding carboxylic acids is 1. The van der Waals surface area contributed by atoms with Crippen LogP contribution in [0.5, 0.6) is 0 Å². The predicted molar refractivity (Wildman–Crippen MR) is 94.0 cm³/mol. The number of morpholine rings is 1. The predicted octanol–water partition coefficient (Wildman–Crippen LogP) is 4.18. The Balaban J connectivity index is 1.42. The zero-order valence-electron chi connectivity index (χ0n) is 13.7. The van der Waals surface area contributed by atoms with E-state index in [0.717, 1.165) is 17.5 Å². The van der Waals surface area contributed by atoms with E-state index in [4.69, 9.17) is 16.3 Å². The Kier molecular flexibility index (Phi) is 4.48. The van der Waals surface area contributed by atoms with Crippen molar-refractivity contribution in [1.82, 2.24) is 4.90 Å². The second-order valence-corrected chi connectivity index (χ2v) is 7.14. The van der Waals surface area contributed by atoms with E-state index in [-0.39, 0.29) is 29.7 Å². The zero-order valence-corrected chi connectivity index (χ0v) is 14.5. The maximum absolute atomic E-state index is 13.4. The number of rotatable bonds is 3. The van der Waals surface area contributed by atoms with E-state index in [1.54, 1.807) is 6.07 Å². The van der Waals surface area contributed by atoms with E-state index in [0.29, 0.717) is 24.7 Å². The molecule has 3 nitrogen and oxygen atoms in total. The highest BCUT2D eigenvalue weighted by Crippen LogP contribution is 2.48. The van der Waals surface area contributed by atoms with Crippen molar-refractivity contribution < 1.29 is 13.9 Å². The van der Waals surface area contributed by atoms with E-state index in [1.807, 2.05) is 35.2 Å². The highest BCUT2D eigenvalue weighted by molar-refractivity contribution is 6.30. The lowest BCUT2D eigenvalue weighted by molar-refractivity contribution is -0.140. The van der Waals surface area contributed by atoms with Gasteiger partial charge in [-0.15, -0.1) is 0 Å². The SMILES string of the molecule is O=C([C@@H]1C[C@@H]1c1cccc(F)c1)N1CCO[C@H](c2ccc(Cl)cc2)C1. The molecule has 0 bridgehead atoms. The number of hydrogen-bond acceptors (Lipinski definition) is 2. The van der Waals surface area contributed by atoms with Crippen LogP contribution in [0.4, 0.5) is 4.39 Å². The van der Waals surface area contributed by atoms with Crippen molar-refractivity contribution in [1.29, 1.82) is 0 Å². The fourth-order valence-electron chi connectivity index (χ4n) is 3.54. The third-order valence-corrected chi connectivity index (χ3v) is 5.26. The molecule has 1 heterocycles. The fourth-order valence-corrected chi connectivity index (χ4v) is 3.66. The van der Waals surface area contributed by atoms with Crippen LogP contribution in [0.25, 0.3) is 0 Å². The van der Waals surface area contributed by atoms with Crippen molar-refractivity contribution in [3.63, 3.8) is 0 Å². The summed E-state index contributed by atoms with van der Waals surface area (Å²) in [6, 6.07) is 14.1. The third-order valence-electron chi connectivity index (χ3n) is 5.00. The minimum absolute atomic E-state index is 0.0363. The number of carbonyl (C=O) groups is 1. The number of hydrogen-bond donors (Lipinski definition) is 0. The molecule has 25 heavy (non-hydrogen) atoms. The van der Waals surface area contributed by atoms with E-state index >= 15 is 0 Å². The van der Waals surface area contributed by atoms with Gasteiger partial charge in [-0.25, -0.2) is 4.39 Å². The topological polar surface area (TPSA) is 29.5 Å². The van der Waals surface area contributed by atoms with Crippen molar-refractivity contribution >= 4 is 17.5 Å². The van der Waals surface area contributed by atoms with Crippen LogP contribution in [0.3, 0.4) is 0 Å². The molecule has 1 aliphatic heterocycles. The maximum atomic E-state index is 13.4. The van der Waals surface area contributed by atoms with Crippen molar-refractivity contribution in [2.75, 3.05) is 19.7 Å². The summed E-state index contributed by atoms with van der Waals surface area (Å²) in [6.07, 6.45) is 0.673. The lowest BCUT2D eigenvalue weighted by Crippen LogP contribution is -2.43. The Hall–Kier alpha value is -1.91. The van der Waals surface area contributed by atoms with Crippen LogP contribution in [0.2, 0.25) is 5.02 Å². The van der Waals surface area contributed by atoms with Gasteiger partial charge in [-0.2, -0.15) is 0 Å². The number of amides is 1. The van der Waals surface area contributed by atoms with Crippen molar-refractivity contribution in [3.05, 3.63) is 70.5 Å². The molecule has 1 saturated heterocycles. The van der Waals surface area contributed by atoms with Gasteiger partial charge in [0.1, 0.15) is 11.9 Å². The first-order valence-corrected chi connectivity index (χ1v) is 8.91. The molecule has 4 rings (SSSR count). The van der Waals surface area contributed by atoms with Gasteiger partial charge in [-0.1, -0.05) is 35.9 Å². The zero-order chi connectivity index (χ0) is 17.4. The minimum atomic E-state index is -0.246. The molecule has 130 valence electrons. The molecule has 2 aromatic rings. The molecule has 1 aliphatic carbocycles. The van der Waals surface area contributed by atoms with E-state index in [9.17, 15) is 9.18 Å². The molecule has 2 fully saturated rings. The molecular formula is C20H19ClFNO2. The summed E-state index contributed by atoms with van der Waals surface area (Å²) in [5.74, 6) is 0.00657. The molecule has 2 aromatic carbocycles. The van der Waals surface area contributed by atoms with Gasteiger partial charge in [0.05, 0.1) is 13.2 Å².